The van der Waals surface area contributed by atoms with Gasteiger partial charge in [0.1, 0.15) is 11.6 Å². The number of hydrogen-bond acceptors (Lipinski definition) is 5. The van der Waals surface area contributed by atoms with Gasteiger partial charge in [0, 0.05) is 18.0 Å². The molecule has 0 spiro atoms. The van der Waals surface area contributed by atoms with Crippen LogP contribution in [0, 0.1) is 26.6 Å². The van der Waals surface area contributed by atoms with Crippen LogP contribution in [0.3, 0.4) is 0 Å². The molecule has 1 N–H and O–H groups in total. The largest absolute Gasteiger partial charge is 0.534 e. The van der Waals surface area contributed by atoms with Crippen LogP contribution in [0.1, 0.15) is 33.7 Å². The number of aryl methyl sites for hydroxylation is 3. The number of benzene rings is 3. The Bertz CT molecular complexity index is 1450. The molecule has 0 unspecified atom stereocenters. The molecule has 194 valence electrons. The molecule has 0 aromatic heterocycles. The zero-order valence-corrected chi connectivity index (χ0v) is 21.1. The van der Waals surface area contributed by atoms with Crippen molar-refractivity contribution in [3.8, 4) is 5.75 Å². The second-order valence-electron chi connectivity index (χ2n) is 8.25. The Kier molecular flexibility index (Phi) is 7.82. The van der Waals surface area contributed by atoms with Crippen LogP contribution in [0.25, 0.3) is 0 Å². The van der Waals surface area contributed by atoms with Crippen molar-refractivity contribution in [2.75, 3.05) is 6.54 Å². The molecule has 36 heavy (non-hydrogen) atoms. The van der Waals surface area contributed by atoms with Crippen LogP contribution in [0.2, 0.25) is 0 Å². The maximum Gasteiger partial charge on any atom is 0.534 e. The van der Waals surface area contributed by atoms with E-state index in [1.807, 2.05) is 0 Å². The second-order valence-corrected chi connectivity index (χ2v) is 11.6. The van der Waals surface area contributed by atoms with E-state index >= 15 is 0 Å². The van der Waals surface area contributed by atoms with E-state index in [2.05, 4.69) is 8.91 Å². The Labute approximate surface area is 207 Å². The van der Waals surface area contributed by atoms with Gasteiger partial charge in [0.15, 0.2) is 0 Å². The van der Waals surface area contributed by atoms with Crippen molar-refractivity contribution in [3.05, 3.63) is 94.3 Å². The highest BCUT2D eigenvalue weighted by Gasteiger charge is 2.49. The van der Waals surface area contributed by atoms with Gasteiger partial charge in [-0.25, -0.2) is 17.5 Å². The molecule has 3 rings (SSSR count). The summed E-state index contributed by atoms with van der Waals surface area (Å²) in [6.45, 7) is 4.47. The van der Waals surface area contributed by atoms with Crippen molar-refractivity contribution in [1.29, 1.82) is 0 Å². The van der Waals surface area contributed by atoms with Gasteiger partial charge in [-0.05, 0) is 67.8 Å². The van der Waals surface area contributed by atoms with Crippen LogP contribution in [-0.2, 0) is 20.1 Å². The van der Waals surface area contributed by atoms with Gasteiger partial charge in [-0.2, -0.15) is 21.6 Å². The predicted molar refractivity (Wildman–Crippen MR) is 126 cm³/mol. The van der Waals surface area contributed by atoms with Gasteiger partial charge in [0.25, 0.3) is 0 Å². The third kappa shape index (κ3) is 6.23. The van der Waals surface area contributed by atoms with Crippen molar-refractivity contribution in [2.24, 2.45) is 0 Å². The summed E-state index contributed by atoms with van der Waals surface area (Å²) in [5.74, 6) is -2.21. The van der Waals surface area contributed by atoms with Crippen molar-refractivity contribution in [2.45, 2.75) is 37.1 Å². The molecule has 0 aliphatic carbocycles. The van der Waals surface area contributed by atoms with E-state index < -0.39 is 43.1 Å². The normalized spacial score (nSPS) is 13.4. The molecule has 3 aromatic rings. The maximum absolute atomic E-state index is 13.6. The molecule has 0 saturated heterocycles. The lowest BCUT2D eigenvalue weighted by Crippen LogP contribution is -2.31. The molecule has 0 aliphatic heterocycles. The molecule has 0 saturated carbocycles. The molecule has 0 amide bonds. The first kappa shape index (κ1) is 27.6. The zero-order valence-electron chi connectivity index (χ0n) is 19.4. The van der Waals surface area contributed by atoms with Crippen molar-refractivity contribution >= 4 is 20.1 Å². The van der Waals surface area contributed by atoms with Crippen LogP contribution in [0.15, 0.2) is 65.6 Å². The third-order valence-corrected chi connectivity index (χ3v) is 7.81. The van der Waals surface area contributed by atoms with Gasteiger partial charge in [-0.15, -0.1) is 0 Å². The minimum Gasteiger partial charge on any atom is -0.376 e. The molecule has 6 nitrogen and oxygen atoms in total. The minimum absolute atomic E-state index is 0.00615. The number of alkyl halides is 3. The van der Waals surface area contributed by atoms with Crippen LogP contribution in [0.4, 0.5) is 17.6 Å². The van der Waals surface area contributed by atoms with Gasteiger partial charge >= 0.3 is 15.6 Å². The van der Waals surface area contributed by atoms with Gasteiger partial charge in [-0.3, -0.25) is 0 Å². The maximum atomic E-state index is 13.6. The fourth-order valence-electron chi connectivity index (χ4n) is 3.70. The Balaban J connectivity index is 2.12. The number of hydrogen-bond donors (Lipinski definition) is 1. The molecule has 0 fully saturated rings. The van der Waals surface area contributed by atoms with E-state index in [9.17, 15) is 34.4 Å². The summed E-state index contributed by atoms with van der Waals surface area (Å²) in [5, 5.41) is 0. The quantitative estimate of drug-likeness (QED) is 0.242. The van der Waals surface area contributed by atoms with E-state index in [4.69, 9.17) is 0 Å². The van der Waals surface area contributed by atoms with Crippen molar-refractivity contribution in [1.82, 2.24) is 4.72 Å². The lowest BCUT2D eigenvalue weighted by molar-refractivity contribution is -0.0500. The SMILES string of the molecule is Cc1ccc(S(=O)(=O)NC[C@@H](c2ccc(F)cc2)c2c(C)cc(C)cc2OS(=O)(=O)C(F)(F)F)cc1. The summed E-state index contributed by atoms with van der Waals surface area (Å²) < 4.78 is 109. The Morgan fingerprint density at radius 1 is 0.861 bits per heavy atom. The molecule has 0 aliphatic rings. The van der Waals surface area contributed by atoms with Crippen LogP contribution < -0.4 is 8.91 Å². The number of nitrogens with one attached hydrogen (secondary N) is 1. The topological polar surface area (TPSA) is 89.5 Å². The van der Waals surface area contributed by atoms with Crippen LogP contribution in [-0.4, -0.2) is 28.9 Å². The highest BCUT2D eigenvalue weighted by molar-refractivity contribution is 7.89. The van der Waals surface area contributed by atoms with E-state index in [1.54, 1.807) is 25.1 Å². The summed E-state index contributed by atoms with van der Waals surface area (Å²) in [5.41, 5.74) is -3.75. The summed E-state index contributed by atoms with van der Waals surface area (Å²) in [4.78, 5) is -0.0392. The summed E-state index contributed by atoms with van der Waals surface area (Å²) in [6, 6.07) is 13.6. The first-order valence-electron chi connectivity index (χ1n) is 10.5. The highest BCUT2D eigenvalue weighted by Crippen LogP contribution is 2.38. The number of sulfonamides is 1. The number of halogens is 4. The van der Waals surface area contributed by atoms with E-state index in [0.717, 1.165) is 23.8 Å². The lowest BCUT2D eigenvalue weighted by Gasteiger charge is -2.24. The van der Waals surface area contributed by atoms with Crippen LogP contribution in [0.5, 0.6) is 5.75 Å². The van der Waals surface area contributed by atoms with Crippen molar-refractivity contribution < 1.29 is 38.6 Å². The standard InChI is InChI=1S/C24H23F4NO5S2/c1-15-4-10-20(11-5-15)35(30,31)29-14-21(18-6-8-19(25)9-7-18)23-17(3)12-16(2)13-22(23)34-36(32,33)24(26,27)28/h4-13,21,29H,14H2,1-3H3/t21-/m0/s1. The molecule has 3 aromatic carbocycles. The highest BCUT2D eigenvalue weighted by atomic mass is 32.2. The molecule has 1 atom stereocenters. The van der Waals surface area contributed by atoms with Gasteiger partial charge in [-0.1, -0.05) is 35.9 Å². The Hall–Kier alpha value is -2.96. The molecule has 0 bridgehead atoms. The van der Waals surface area contributed by atoms with Crippen molar-refractivity contribution in [3.63, 3.8) is 0 Å². The summed E-state index contributed by atoms with van der Waals surface area (Å²) in [7, 11) is -10.1. The fourth-order valence-corrected chi connectivity index (χ4v) is 5.21. The van der Waals surface area contributed by atoms with Crippen LogP contribution >= 0.6 is 0 Å². The lowest BCUT2D eigenvalue weighted by atomic mass is 9.87. The average Bonchev–Trinajstić information content (AvgIpc) is 2.75. The molecule has 0 radical (unpaired) electrons. The van der Waals surface area contributed by atoms with Gasteiger partial charge in [0.2, 0.25) is 10.0 Å². The molecular formula is C24H23F4NO5S2. The first-order chi connectivity index (χ1) is 16.6. The fraction of sp³-hybridized carbons (Fsp3) is 0.250. The summed E-state index contributed by atoms with van der Waals surface area (Å²) in [6.07, 6.45) is 0. The Morgan fingerprint density at radius 2 is 1.44 bits per heavy atom. The second kappa shape index (κ2) is 10.2. The first-order valence-corrected chi connectivity index (χ1v) is 13.4. The predicted octanol–water partition coefficient (Wildman–Crippen LogP) is 5.09. The monoisotopic (exact) mass is 545 g/mol. The summed E-state index contributed by atoms with van der Waals surface area (Å²) >= 11 is 0. The Morgan fingerprint density at radius 3 is 2.00 bits per heavy atom. The molecular weight excluding hydrogens is 522 g/mol. The average molecular weight is 546 g/mol. The minimum atomic E-state index is -6.02. The zero-order chi connectivity index (χ0) is 26.9. The van der Waals surface area contributed by atoms with E-state index in [1.165, 1.54) is 38.1 Å². The number of rotatable bonds is 8. The van der Waals surface area contributed by atoms with Gasteiger partial charge < -0.3 is 4.18 Å². The third-order valence-electron chi connectivity index (χ3n) is 5.41. The van der Waals surface area contributed by atoms with Gasteiger partial charge in [0.05, 0.1) is 4.90 Å². The van der Waals surface area contributed by atoms with E-state index in [0.29, 0.717) is 16.7 Å². The smallest absolute Gasteiger partial charge is 0.376 e. The molecule has 12 heteroatoms. The van der Waals surface area contributed by atoms with E-state index in [-0.39, 0.29) is 17.0 Å². The molecule has 0 heterocycles.